The maximum atomic E-state index is 12.4. The molecule has 0 bridgehead atoms. The van der Waals surface area contributed by atoms with Crippen LogP contribution in [0.4, 0.5) is 0 Å². The Balaban J connectivity index is 2.02. The van der Waals surface area contributed by atoms with Crippen LogP contribution in [-0.4, -0.2) is 53.0 Å². The van der Waals surface area contributed by atoms with Crippen molar-refractivity contribution in [3.05, 3.63) is 40.2 Å². The maximum Gasteiger partial charge on any atom is 0.323 e. The van der Waals surface area contributed by atoms with Crippen molar-refractivity contribution < 1.29 is 24.2 Å². The lowest BCUT2D eigenvalue weighted by Gasteiger charge is -2.20. The van der Waals surface area contributed by atoms with Crippen LogP contribution in [-0.2, 0) is 25.5 Å². The van der Waals surface area contributed by atoms with E-state index in [1.54, 1.807) is 11.3 Å². The summed E-state index contributed by atoms with van der Waals surface area (Å²) in [5, 5.41) is 11.9. The molecule has 2 rings (SSSR count). The molecule has 0 aliphatic rings. The van der Waals surface area contributed by atoms with E-state index in [-0.39, 0.29) is 25.3 Å². The van der Waals surface area contributed by atoms with Crippen LogP contribution < -0.4 is 0 Å². The number of ether oxygens (including phenoxy) is 1. The van der Waals surface area contributed by atoms with Crippen LogP contribution >= 0.6 is 11.3 Å². The normalized spacial score (nSPS) is 10.4. The molecule has 1 aromatic heterocycles. The Hall–Kier alpha value is -2.74. The van der Waals surface area contributed by atoms with Crippen LogP contribution in [0.1, 0.15) is 17.0 Å². The first-order valence-electron chi connectivity index (χ1n) is 7.97. The summed E-state index contributed by atoms with van der Waals surface area (Å²) in [6.07, 6.45) is 0.0163. The van der Waals surface area contributed by atoms with E-state index in [4.69, 9.17) is 5.11 Å². The number of rotatable bonds is 8. The number of carboxylic acid groups (broad SMARTS) is 1. The fourth-order valence-electron chi connectivity index (χ4n) is 2.36. The molecule has 0 saturated carbocycles. The van der Waals surface area contributed by atoms with Crippen molar-refractivity contribution in [2.24, 2.45) is 0 Å². The number of methoxy groups -OCH3 is 1. The number of amides is 1. The lowest BCUT2D eigenvalue weighted by molar-refractivity contribution is -0.146. The van der Waals surface area contributed by atoms with Crippen molar-refractivity contribution in [3.63, 3.8) is 0 Å². The first-order valence-corrected chi connectivity index (χ1v) is 8.85. The van der Waals surface area contributed by atoms with E-state index in [9.17, 15) is 14.4 Å². The minimum Gasteiger partial charge on any atom is -0.480 e. The lowest BCUT2D eigenvalue weighted by atomic mass is 10.1. The van der Waals surface area contributed by atoms with Crippen LogP contribution in [0.5, 0.6) is 0 Å². The van der Waals surface area contributed by atoms with E-state index in [0.29, 0.717) is 0 Å². The molecular formula is C18H20N2O5S. The number of carbonyl (C=O) groups excluding carboxylic acids is 2. The molecule has 0 aliphatic carbocycles. The minimum atomic E-state index is -1.13. The largest absolute Gasteiger partial charge is 0.480 e. The van der Waals surface area contributed by atoms with E-state index in [2.05, 4.69) is 9.72 Å². The number of esters is 1. The molecule has 138 valence electrons. The van der Waals surface area contributed by atoms with Crippen molar-refractivity contribution in [1.29, 1.82) is 0 Å². The zero-order chi connectivity index (χ0) is 19.1. The Bertz CT molecular complexity index is 785. The highest BCUT2D eigenvalue weighted by Crippen LogP contribution is 2.22. The summed E-state index contributed by atoms with van der Waals surface area (Å²) < 4.78 is 4.53. The smallest absolute Gasteiger partial charge is 0.323 e. The Labute approximate surface area is 155 Å². The predicted molar refractivity (Wildman–Crippen MR) is 96.8 cm³/mol. The molecule has 1 aromatic carbocycles. The van der Waals surface area contributed by atoms with E-state index < -0.39 is 18.5 Å². The number of thiazole rings is 1. The van der Waals surface area contributed by atoms with Crippen LogP contribution in [0.25, 0.3) is 11.3 Å². The number of nitrogens with zero attached hydrogens (tertiary/aromatic N) is 2. The van der Waals surface area contributed by atoms with Crippen LogP contribution in [0.2, 0.25) is 0 Å². The SMILES string of the molecule is COC(=O)CCN(CC(=O)O)C(=O)Cc1ccc(-c2csc(C)n2)cc1. The second-order valence-corrected chi connectivity index (χ2v) is 6.72. The molecule has 0 spiro atoms. The van der Waals surface area contributed by atoms with Gasteiger partial charge in [-0.15, -0.1) is 11.3 Å². The number of carboxylic acids is 1. The average molecular weight is 376 g/mol. The van der Waals surface area contributed by atoms with Gasteiger partial charge in [-0.25, -0.2) is 4.98 Å². The molecular weight excluding hydrogens is 356 g/mol. The van der Waals surface area contributed by atoms with E-state index >= 15 is 0 Å². The zero-order valence-corrected chi connectivity index (χ0v) is 15.4. The summed E-state index contributed by atoms with van der Waals surface area (Å²) in [6.45, 7) is 1.49. The quantitative estimate of drug-likeness (QED) is 0.709. The fourth-order valence-corrected chi connectivity index (χ4v) is 2.98. The molecule has 1 amide bonds. The third-order valence-corrected chi connectivity index (χ3v) is 4.49. The number of hydrogen-bond donors (Lipinski definition) is 1. The van der Waals surface area contributed by atoms with Gasteiger partial charge in [-0.1, -0.05) is 24.3 Å². The molecule has 0 saturated heterocycles. The molecule has 8 heteroatoms. The Morgan fingerprint density at radius 3 is 2.46 bits per heavy atom. The molecule has 1 N–H and O–H groups in total. The third-order valence-electron chi connectivity index (χ3n) is 3.72. The molecule has 2 aromatic rings. The van der Waals surface area contributed by atoms with Gasteiger partial charge >= 0.3 is 11.9 Å². The topological polar surface area (TPSA) is 96.8 Å². The van der Waals surface area contributed by atoms with Crippen LogP contribution in [0.15, 0.2) is 29.6 Å². The number of aryl methyl sites for hydroxylation is 1. The molecule has 7 nitrogen and oxygen atoms in total. The highest BCUT2D eigenvalue weighted by molar-refractivity contribution is 7.09. The van der Waals surface area contributed by atoms with Crippen molar-refractivity contribution in [2.75, 3.05) is 20.2 Å². The Morgan fingerprint density at radius 2 is 1.92 bits per heavy atom. The Kier molecular flexibility index (Phi) is 6.85. The number of aliphatic carboxylic acids is 1. The standard InChI is InChI=1S/C18H20N2O5S/c1-12-19-15(11-26-12)14-5-3-13(4-6-14)9-16(21)20(10-17(22)23)8-7-18(24)25-2/h3-6,11H,7-10H2,1-2H3,(H,22,23). The summed E-state index contributed by atoms with van der Waals surface area (Å²) in [4.78, 5) is 40.2. The van der Waals surface area contributed by atoms with Gasteiger partial charge in [-0.05, 0) is 12.5 Å². The van der Waals surface area contributed by atoms with Gasteiger partial charge in [0.15, 0.2) is 0 Å². The molecule has 0 radical (unpaired) electrons. The maximum absolute atomic E-state index is 12.4. The summed E-state index contributed by atoms with van der Waals surface area (Å²) >= 11 is 1.57. The zero-order valence-electron chi connectivity index (χ0n) is 14.6. The van der Waals surface area contributed by atoms with Gasteiger partial charge < -0.3 is 14.7 Å². The average Bonchev–Trinajstić information content (AvgIpc) is 3.05. The molecule has 0 atom stereocenters. The lowest BCUT2D eigenvalue weighted by Crippen LogP contribution is -2.38. The molecule has 1 heterocycles. The van der Waals surface area contributed by atoms with Gasteiger partial charge in [0, 0.05) is 17.5 Å². The highest BCUT2D eigenvalue weighted by atomic mass is 32.1. The van der Waals surface area contributed by atoms with Crippen molar-refractivity contribution >= 4 is 29.2 Å². The predicted octanol–water partition coefficient (Wildman–Crippen LogP) is 2.14. The first kappa shape index (κ1) is 19.6. The summed E-state index contributed by atoms with van der Waals surface area (Å²) in [5.41, 5.74) is 2.61. The Morgan fingerprint density at radius 1 is 1.23 bits per heavy atom. The molecule has 0 unspecified atom stereocenters. The number of hydrogen-bond acceptors (Lipinski definition) is 6. The second kappa shape index (κ2) is 9.10. The van der Waals surface area contributed by atoms with Gasteiger partial charge in [0.1, 0.15) is 6.54 Å². The van der Waals surface area contributed by atoms with Crippen LogP contribution in [0, 0.1) is 6.92 Å². The van der Waals surface area contributed by atoms with Gasteiger partial charge in [0.2, 0.25) is 5.91 Å². The summed E-state index contributed by atoms with van der Waals surface area (Å²) in [5.74, 6) is -1.97. The second-order valence-electron chi connectivity index (χ2n) is 5.66. The fraction of sp³-hybridized carbons (Fsp3) is 0.333. The number of benzene rings is 1. The number of carbonyl (C=O) groups is 3. The van der Waals surface area contributed by atoms with Gasteiger partial charge in [0.25, 0.3) is 0 Å². The van der Waals surface area contributed by atoms with Crippen LogP contribution in [0.3, 0.4) is 0 Å². The van der Waals surface area contributed by atoms with E-state index in [1.807, 2.05) is 36.6 Å². The van der Waals surface area contributed by atoms with Crippen molar-refractivity contribution in [3.8, 4) is 11.3 Å². The van der Waals surface area contributed by atoms with Gasteiger partial charge in [0.05, 0.1) is 30.7 Å². The molecule has 0 aliphatic heterocycles. The minimum absolute atomic E-state index is 0.00793. The van der Waals surface area contributed by atoms with Crippen molar-refractivity contribution in [1.82, 2.24) is 9.88 Å². The van der Waals surface area contributed by atoms with E-state index in [1.165, 1.54) is 7.11 Å². The monoisotopic (exact) mass is 376 g/mol. The molecule has 0 fully saturated rings. The number of aromatic nitrogens is 1. The van der Waals surface area contributed by atoms with E-state index in [0.717, 1.165) is 26.7 Å². The third kappa shape index (κ3) is 5.66. The first-order chi connectivity index (χ1) is 12.4. The summed E-state index contributed by atoms with van der Waals surface area (Å²) in [6, 6.07) is 7.41. The van der Waals surface area contributed by atoms with Gasteiger partial charge in [-0.3, -0.25) is 14.4 Å². The van der Waals surface area contributed by atoms with Crippen molar-refractivity contribution in [2.45, 2.75) is 19.8 Å². The van der Waals surface area contributed by atoms with Gasteiger partial charge in [-0.2, -0.15) is 0 Å². The highest BCUT2D eigenvalue weighted by Gasteiger charge is 2.18. The summed E-state index contributed by atoms with van der Waals surface area (Å²) in [7, 11) is 1.25. The molecule has 26 heavy (non-hydrogen) atoms.